The van der Waals surface area contributed by atoms with Crippen molar-refractivity contribution in [2.24, 2.45) is 0 Å². The molecule has 1 aromatic rings. The Kier molecular flexibility index (Phi) is 10.4. The van der Waals surface area contributed by atoms with Crippen LogP contribution in [-0.4, -0.2) is 18.5 Å². The van der Waals surface area contributed by atoms with Crippen molar-refractivity contribution < 1.29 is 83.7 Å². The van der Waals surface area contributed by atoms with Crippen molar-refractivity contribution in [2.45, 2.75) is 0 Å². The monoisotopic (exact) mass is 240 g/mol. The molecule has 16 heavy (non-hydrogen) atoms. The molecule has 0 saturated carbocycles. The number of carbonyl (C=O) groups excluding carboxylic acids is 2. The third-order valence-electron chi connectivity index (χ3n) is 1.45. The van der Waals surface area contributed by atoms with E-state index in [2.05, 4.69) is 4.74 Å². The topological polar surface area (TPSA) is 89.5 Å². The molecule has 0 heterocycles. The maximum Gasteiger partial charge on any atom is 1.00 e. The zero-order chi connectivity index (χ0) is 10.6. The number of para-hydroxylation sites is 1. The summed E-state index contributed by atoms with van der Waals surface area (Å²) in [7, 11) is 0. The summed E-state index contributed by atoms with van der Waals surface area (Å²) in [6.07, 6.45) is 0. The molecule has 0 N–H and O–H groups in total. The summed E-state index contributed by atoms with van der Waals surface area (Å²) in [5.74, 6) is -2.88. The van der Waals surface area contributed by atoms with Gasteiger partial charge in [-0.05, 0) is 12.1 Å². The van der Waals surface area contributed by atoms with Gasteiger partial charge in [0.05, 0.1) is 11.9 Å². The number of carboxylic acids is 2. The van der Waals surface area contributed by atoms with E-state index in [1.165, 1.54) is 24.3 Å². The van der Waals surface area contributed by atoms with Gasteiger partial charge in [-0.25, -0.2) is 0 Å². The first-order chi connectivity index (χ1) is 6.61. The largest absolute Gasteiger partial charge is 1.00 e. The molecule has 0 unspecified atom stereocenters. The van der Waals surface area contributed by atoms with Crippen LogP contribution in [0.25, 0.3) is 0 Å². The number of hydrogen-bond donors (Lipinski definition) is 0. The zero-order valence-corrected chi connectivity index (χ0v) is 13.1. The average Bonchev–Trinajstić information content (AvgIpc) is 2.15. The van der Waals surface area contributed by atoms with Crippen LogP contribution in [0.2, 0.25) is 0 Å². The van der Waals surface area contributed by atoms with Gasteiger partial charge in [-0.3, -0.25) is 0 Å². The third kappa shape index (κ3) is 5.89. The van der Waals surface area contributed by atoms with Crippen molar-refractivity contribution in [1.82, 2.24) is 0 Å². The number of aliphatic carboxylic acids is 1. The molecule has 0 aliphatic rings. The van der Waals surface area contributed by atoms with Gasteiger partial charge in [-0.2, -0.15) is 0 Å². The van der Waals surface area contributed by atoms with Crippen LogP contribution in [-0.2, 0) is 4.79 Å². The van der Waals surface area contributed by atoms with Gasteiger partial charge >= 0.3 is 59.1 Å². The molecule has 7 heteroatoms. The maximum atomic E-state index is 10.5. The van der Waals surface area contributed by atoms with Crippen molar-refractivity contribution >= 4 is 11.9 Å². The Labute approximate surface area is 136 Å². The van der Waals surface area contributed by atoms with E-state index < -0.39 is 18.5 Å². The second kappa shape index (κ2) is 9.04. The van der Waals surface area contributed by atoms with Gasteiger partial charge in [0, 0.05) is 5.56 Å². The van der Waals surface area contributed by atoms with Gasteiger partial charge in [-0.15, -0.1) is 0 Å². The van der Waals surface area contributed by atoms with Crippen LogP contribution in [0.1, 0.15) is 10.4 Å². The normalized spacial score (nSPS) is 8.25. The van der Waals surface area contributed by atoms with Crippen LogP contribution in [0.5, 0.6) is 5.75 Å². The fraction of sp³-hybridized carbons (Fsp3) is 0.111. The van der Waals surface area contributed by atoms with Crippen molar-refractivity contribution in [3.63, 3.8) is 0 Å². The van der Waals surface area contributed by atoms with E-state index in [9.17, 15) is 19.8 Å². The van der Waals surface area contributed by atoms with E-state index in [1.54, 1.807) is 0 Å². The Bertz CT molecular complexity index is 367. The molecule has 0 amide bonds. The Balaban J connectivity index is 0. The maximum absolute atomic E-state index is 10.5. The Morgan fingerprint density at radius 3 is 2.19 bits per heavy atom. The molecule has 5 nitrogen and oxygen atoms in total. The van der Waals surface area contributed by atoms with E-state index in [-0.39, 0.29) is 70.4 Å². The molecule has 0 spiro atoms. The predicted molar refractivity (Wildman–Crippen MR) is 41.3 cm³/mol. The van der Waals surface area contributed by atoms with Crippen LogP contribution in [0, 0.1) is 0 Å². The molecule has 0 atom stereocenters. The Morgan fingerprint density at radius 2 is 1.69 bits per heavy atom. The molecule has 0 aliphatic carbocycles. The van der Waals surface area contributed by atoms with Crippen LogP contribution in [0.4, 0.5) is 0 Å². The molecule has 0 saturated heterocycles. The van der Waals surface area contributed by atoms with Gasteiger partial charge in [-0.1, -0.05) is 12.1 Å². The SMILES string of the molecule is O=C([O-])COc1ccccc1C(=O)[O-].[Na+].[Na+]. The molecule has 1 rings (SSSR count). The molecular formula is C9H6Na2O5. The minimum atomic E-state index is -1.42. The van der Waals surface area contributed by atoms with Crippen molar-refractivity contribution in [3.8, 4) is 5.75 Å². The molecule has 0 radical (unpaired) electrons. The Morgan fingerprint density at radius 1 is 1.12 bits per heavy atom. The molecule has 0 aliphatic heterocycles. The number of carboxylic acid groups (broad SMARTS) is 2. The molecule has 74 valence electrons. The van der Waals surface area contributed by atoms with Gasteiger partial charge in [0.2, 0.25) is 0 Å². The first-order valence-electron chi connectivity index (χ1n) is 3.74. The first-order valence-corrected chi connectivity index (χ1v) is 3.74. The minimum Gasteiger partial charge on any atom is -0.546 e. The van der Waals surface area contributed by atoms with E-state index in [0.717, 1.165) is 0 Å². The van der Waals surface area contributed by atoms with Crippen molar-refractivity contribution in [1.29, 1.82) is 0 Å². The van der Waals surface area contributed by atoms with Gasteiger partial charge < -0.3 is 24.5 Å². The molecule has 1 aromatic carbocycles. The smallest absolute Gasteiger partial charge is 0.546 e. The van der Waals surface area contributed by atoms with E-state index >= 15 is 0 Å². The van der Waals surface area contributed by atoms with Gasteiger partial charge in [0.25, 0.3) is 0 Å². The summed E-state index contributed by atoms with van der Waals surface area (Å²) in [6, 6.07) is 5.61. The fourth-order valence-electron chi connectivity index (χ4n) is 0.898. The summed E-state index contributed by atoms with van der Waals surface area (Å²) in [6.45, 7) is -0.690. The average molecular weight is 240 g/mol. The summed E-state index contributed by atoms with van der Waals surface area (Å²) in [4.78, 5) is 20.6. The standard InChI is InChI=1S/C9H8O5.2Na/c10-8(11)5-14-7-4-2-1-3-6(7)9(12)13;;/h1-4H,5H2,(H,10,11)(H,12,13);;/q;2*+1/p-2. The minimum absolute atomic E-state index is 0. The summed E-state index contributed by atoms with van der Waals surface area (Å²) >= 11 is 0. The van der Waals surface area contributed by atoms with Crippen molar-refractivity contribution in [2.75, 3.05) is 6.61 Å². The van der Waals surface area contributed by atoms with Crippen molar-refractivity contribution in [3.05, 3.63) is 29.8 Å². The first kappa shape index (κ1) is 18.3. The predicted octanol–water partition coefficient (Wildman–Crippen LogP) is -7.81. The van der Waals surface area contributed by atoms with E-state index in [4.69, 9.17) is 0 Å². The van der Waals surface area contributed by atoms with E-state index in [0.29, 0.717) is 0 Å². The third-order valence-corrected chi connectivity index (χ3v) is 1.45. The van der Waals surface area contributed by atoms with Crippen LogP contribution in [0.3, 0.4) is 0 Å². The second-order valence-corrected chi connectivity index (χ2v) is 2.44. The fourth-order valence-corrected chi connectivity index (χ4v) is 0.898. The zero-order valence-electron chi connectivity index (χ0n) is 9.06. The van der Waals surface area contributed by atoms with Gasteiger partial charge in [0.15, 0.2) is 0 Å². The summed E-state index contributed by atoms with van der Waals surface area (Å²) in [5, 5.41) is 20.6. The molecule has 0 fully saturated rings. The number of ether oxygens (including phenoxy) is 1. The number of benzene rings is 1. The number of rotatable bonds is 4. The second-order valence-electron chi connectivity index (χ2n) is 2.44. The Hall–Kier alpha value is -0.0400. The quantitative estimate of drug-likeness (QED) is 0.488. The molecule has 0 aromatic heterocycles. The number of carbonyl (C=O) groups is 2. The summed E-state index contributed by atoms with van der Waals surface area (Å²) in [5.41, 5.74) is -0.186. The number of hydrogen-bond acceptors (Lipinski definition) is 5. The molecule has 0 bridgehead atoms. The van der Waals surface area contributed by atoms with Crippen LogP contribution < -0.4 is 74.1 Å². The number of aromatic carboxylic acids is 1. The van der Waals surface area contributed by atoms with E-state index in [1.807, 2.05) is 0 Å². The summed E-state index contributed by atoms with van der Waals surface area (Å²) < 4.78 is 4.68. The van der Waals surface area contributed by atoms with Crippen LogP contribution >= 0.6 is 0 Å². The molecular weight excluding hydrogens is 234 g/mol. The van der Waals surface area contributed by atoms with Crippen LogP contribution in [0.15, 0.2) is 24.3 Å². The van der Waals surface area contributed by atoms with Gasteiger partial charge in [0.1, 0.15) is 12.4 Å².